The van der Waals surface area contributed by atoms with E-state index < -0.39 is 6.36 Å². The number of halogens is 3. The molecule has 0 unspecified atom stereocenters. The van der Waals surface area contributed by atoms with Gasteiger partial charge in [0, 0.05) is 18.0 Å². The lowest BCUT2D eigenvalue weighted by molar-refractivity contribution is -0.274. The van der Waals surface area contributed by atoms with E-state index in [0.717, 1.165) is 17.7 Å². The smallest absolute Gasteiger partial charge is 0.406 e. The number of ether oxygens (including phenoxy) is 1. The van der Waals surface area contributed by atoms with Gasteiger partial charge in [0.1, 0.15) is 5.75 Å². The molecule has 0 bridgehead atoms. The summed E-state index contributed by atoms with van der Waals surface area (Å²) in [6, 6.07) is 8.21. The normalized spacial score (nSPS) is 11.6. The molecule has 0 radical (unpaired) electrons. The molecule has 1 aromatic heterocycles. The predicted octanol–water partition coefficient (Wildman–Crippen LogP) is 3.88. The highest BCUT2D eigenvalue weighted by Gasteiger charge is 2.30. The SMILES string of the molecule is O=C(/C=C/c1ccncc1)c1ccc(OC(F)(F)F)cc1. The maximum absolute atomic E-state index is 12.0. The predicted molar refractivity (Wildman–Crippen MR) is 70.7 cm³/mol. The van der Waals surface area contributed by atoms with Crippen molar-refractivity contribution in [2.75, 3.05) is 0 Å². The van der Waals surface area contributed by atoms with Crippen molar-refractivity contribution in [3.05, 3.63) is 66.0 Å². The number of pyridine rings is 1. The van der Waals surface area contributed by atoms with Gasteiger partial charge in [-0.25, -0.2) is 0 Å². The van der Waals surface area contributed by atoms with Gasteiger partial charge in [0.2, 0.25) is 0 Å². The lowest BCUT2D eigenvalue weighted by Gasteiger charge is -2.08. The minimum absolute atomic E-state index is 0.273. The third-order valence-electron chi connectivity index (χ3n) is 2.51. The summed E-state index contributed by atoms with van der Waals surface area (Å²) in [6.45, 7) is 0. The zero-order valence-corrected chi connectivity index (χ0v) is 10.7. The van der Waals surface area contributed by atoms with Gasteiger partial charge in [0.05, 0.1) is 0 Å². The molecule has 1 aromatic carbocycles. The first-order chi connectivity index (χ1) is 9.94. The molecule has 0 saturated heterocycles. The summed E-state index contributed by atoms with van der Waals surface area (Å²) in [7, 11) is 0. The summed E-state index contributed by atoms with van der Waals surface area (Å²) in [5, 5.41) is 0. The first-order valence-electron chi connectivity index (χ1n) is 5.92. The number of hydrogen-bond acceptors (Lipinski definition) is 3. The number of hydrogen-bond donors (Lipinski definition) is 0. The van der Waals surface area contributed by atoms with Crippen molar-refractivity contribution in [1.29, 1.82) is 0 Å². The van der Waals surface area contributed by atoms with Crippen molar-refractivity contribution in [3.63, 3.8) is 0 Å². The standard InChI is InChI=1S/C15H10F3NO2/c16-15(17,18)21-13-4-2-12(3-5-13)14(20)6-1-11-7-9-19-10-8-11/h1-10H/b6-1+. The molecular formula is C15H10F3NO2. The largest absolute Gasteiger partial charge is 0.573 e. The molecule has 1 heterocycles. The molecule has 0 aliphatic rings. The number of nitrogens with zero attached hydrogens (tertiary/aromatic N) is 1. The van der Waals surface area contributed by atoms with Gasteiger partial charge < -0.3 is 4.74 Å². The van der Waals surface area contributed by atoms with Crippen molar-refractivity contribution in [2.45, 2.75) is 6.36 Å². The molecule has 0 N–H and O–H groups in total. The molecule has 0 spiro atoms. The Bertz CT molecular complexity index is 634. The quantitative estimate of drug-likeness (QED) is 0.634. The Labute approximate surface area is 118 Å². The van der Waals surface area contributed by atoms with E-state index in [0.29, 0.717) is 0 Å². The third kappa shape index (κ3) is 4.76. The van der Waals surface area contributed by atoms with E-state index in [9.17, 15) is 18.0 Å². The van der Waals surface area contributed by atoms with Gasteiger partial charge >= 0.3 is 6.36 Å². The van der Waals surface area contributed by atoms with Crippen LogP contribution in [0.3, 0.4) is 0 Å². The molecule has 0 fully saturated rings. The first kappa shape index (κ1) is 14.8. The number of benzene rings is 1. The van der Waals surface area contributed by atoms with Gasteiger partial charge in [-0.05, 0) is 48.0 Å². The van der Waals surface area contributed by atoms with Crippen molar-refractivity contribution in [3.8, 4) is 5.75 Å². The fourth-order valence-corrected chi connectivity index (χ4v) is 1.56. The zero-order chi connectivity index (χ0) is 15.3. The Balaban J connectivity index is 2.05. The Morgan fingerprint density at radius 2 is 1.67 bits per heavy atom. The molecule has 21 heavy (non-hydrogen) atoms. The van der Waals surface area contributed by atoms with Crippen molar-refractivity contribution < 1.29 is 22.7 Å². The molecule has 2 aromatic rings. The summed E-state index contributed by atoms with van der Waals surface area (Å²) in [5.74, 6) is -0.678. The highest BCUT2D eigenvalue weighted by Crippen LogP contribution is 2.22. The van der Waals surface area contributed by atoms with Crippen LogP contribution in [0.1, 0.15) is 15.9 Å². The summed E-state index contributed by atoms with van der Waals surface area (Å²) in [4.78, 5) is 15.7. The van der Waals surface area contributed by atoms with E-state index >= 15 is 0 Å². The Morgan fingerprint density at radius 1 is 1.05 bits per heavy atom. The molecule has 3 nitrogen and oxygen atoms in total. The number of allylic oxidation sites excluding steroid dienone is 1. The van der Waals surface area contributed by atoms with Gasteiger partial charge in [-0.3, -0.25) is 9.78 Å². The second kappa shape index (κ2) is 6.21. The van der Waals surface area contributed by atoms with E-state index in [1.165, 1.54) is 18.2 Å². The summed E-state index contributed by atoms with van der Waals surface area (Å²) in [6.07, 6.45) is 1.38. The summed E-state index contributed by atoms with van der Waals surface area (Å²) < 4.78 is 39.7. The van der Waals surface area contributed by atoms with Crippen LogP contribution in [-0.4, -0.2) is 17.1 Å². The van der Waals surface area contributed by atoms with E-state index in [1.807, 2.05) is 0 Å². The summed E-state index contributed by atoms with van der Waals surface area (Å²) >= 11 is 0. The fraction of sp³-hybridized carbons (Fsp3) is 0.0667. The number of rotatable bonds is 4. The maximum Gasteiger partial charge on any atom is 0.573 e. The molecule has 108 valence electrons. The minimum Gasteiger partial charge on any atom is -0.406 e. The van der Waals surface area contributed by atoms with Crippen molar-refractivity contribution in [2.24, 2.45) is 0 Å². The van der Waals surface area contributed by atoms with E-state index in [2.05, 4.69) is 9.72 Å². The number of ketones is 1. The molecule has 0 aliphatic carbocycles. The molecule has 0 atom stereocenters. The van der Waals surface area contributed by atoms with Crippen LogP contribution in [-0.2, 0) is 0 Å². The molecule has 0 aliphatic heterocycles. The van der Waals surface area contributed by atoms with Crippen LogP contribution in [0.5, 0.6) is 5.75 Å². The van der Waals surface area contributed by atoms with E-state index in [4.69, 9.17) is 0 Å². The first-order valence-corrected chi connectivity index (χ1v) is 5.92. The summed E-state index contributed by atoms with van der Waals surface area (Å²) in [5.41, 5.74) is 1.07. The van der Waals surface area contributed by atoms with Gasteiger partial charge in [0.25, 0.3) is 0 Å². The van der Waals surface area contributed by atoms with Crippen LogP contribution in [0.4, 0.5) is 13.2 Å². The van der Waals surface area contributed by atoms with Crippen molar-refractivity contribution >= 4 is 11.9 Å². The van der Waals surface area contributed by atoms with Crippen LogP contribution >= 0.6 is 0 Å². The van der Waals surface area contributed by atoms with Crippen LogP contribution < -0.4 is 4.74 Å². The Kier molecular flexibility index (Phi) is 4.37. The fourth-order valence-electron chi connectivity index (χ4n) is 1.56. The zero-order valence-electron chi connectivity index (χ0n) is 10.7. The molecule has 6 heteroatoms. The molecule has 0 saturated carbocycles. The molecule has 0 amide bonds. The van der Waals surface area contributed by atoms with Gasteiger partial charge in [-0.1, -0.05) is 6.08 Å². The minimum atomic E-state index is -4.74. The van der Waals surface area contributed by atoms with Gasteiger partial charge in [0.15, 0.2) is 5.78 Å². The highest BCUT2D eigenvalue weighted by molar-refractivity contribution is 6.06. The second-order valence-electron chi connectivity index (χ2n) is 4.05. The number of carbonyl (C=O) groups is 1. The molecule has 2 rings (SSSR count). The monoisotopic (exact) mass is 293 g/mol. The lowest BCUT2D eigenvalue weighted by Crippen LogP contribution is -2.17. The third-order valence-corrected chi connectivity index (χ3v) is 2.51. The van der Waals surface area contributed by atoms with Crippen LogP contribution in [0.15, 0.2) is 54.9 Å². The maximum atomic E-state index is 12.0. The van der Waals surface area contributed by atoms with E-state index in [-0.39, 0.29) is 17.1 Å². The van der Waals surface area contributed by atoms with Crippen LogP contribution in [0.2, 0.25) is 0 Å². The van der Waals surface area contributed by atoms with E-state index in [1.54, 1.807) is 30.6 Å². The topological polar surface area (TPSA) is 39.2 Å². The van der Waals surface area contributed by atoms with Crippen LogP contribution in [0, 0.1) is 0 Å². The Hall–Kier alpha value is -2.63. The van der Waals surface area contributed by atoms with Gasteiger partial charge in [-0.2, -0.15) is 0 Å². The second-order valence-corrected chi connectivity index (χ2v) is 4.05. The Morgan fingerprint density at radius 3 is 2.24 bits per heavy atom. The number of aromatic nitrogens is 1. The highest BCUT2D eigenvalue weighted by atomic mass is 19.4. The van der Waals surface area contributed by atoms with Crippen molar-refractivity contribution in [1.82, 2.24) is 4.98 Å². The van der Waals surface area contributed by atoms with Crippen LogP contribution in [0.25, 0.3) is 6.08 Å². The lowest BCUT2D eigenvalue weighted by atomic mass is 10.1. The number of carbonyl (C=O) groups excluding carboxylic acids is 1. The van der Waals surface area contributed by atoms with Gasteiger partial charge in [-0.15, -0.1) is 13.2 Å². The average Bonchev–Trinajstić information content (AvgIpc) is 2.45. The average molecular weight is 293 g/mol. The number of alkyl halides is 3. The molecular weight excluding hydrogens is 283 g/mol.